The predicted molar refractivity (Wildman–Crippen MR) is 117 cm³/mol. The van der Waals surface area contributed by atoms with Crippen LogP contribution in [-0.4, -0.2) is 23.9 Å². The topological polar surface area (TPSA) is 43.4 Å². The molecule has 1 aliphatic rings. The first-order chi connectivity index (χ1) is 14.1. The van der Waals surface area contributed by atoms with Crippen LogP contribution in [0.15, 0.2) is 83.3 Å². The standard InChI is InChI=1S/C24H17ClO3S/c25-19-10-8-17(9-11-19)22(26)14-28-20-5-3-4-16(13-20)12-18-15-29-23-7-2-1-6-21(23)24(18)27/h1-13H,14-15H2/b18-12+. The fourth-order valence-electron chi connectivity index (χ4n) is 3.04. The van der Waals surface area contributed by atoms with Gasteiger partial charge in [0.05, 0.1) is 0 Å². The van der Waals surface area contributed by atoms with E-state index in [1.54, 1.807) is 42.1 Å². The maximum atomic E-state index is 12.7. The zero-order valence-corrected chi connectivity index (χ0v) is 17.0. The van der Waals surface area contributed by atoms with E-state index < -0.39 is 0 Å². The Morgan fingerprint density at radius 3 is 2.66 bits per heavy atom. The van der Waals surface area contributed by atoms with Gasteiger partial charge in [-0.25, -0.2) is 0 Å². The lowest BCUT2D eigenvalue weighted by molar-refractivity contribution is 0.0921. The molecule has 0 atom stereocenters. The monoisotopic (exact) mass is 420 g/mol. The first-order valence-corrected chi connectivity index (χ1v) is 10.5. The van der Waals surface area contributed by atoms with Gasteiger partial charge < -0.3 is 4.74 Å². The Labute approximate surface area is 178 Å². The van der Waals surface area contributed by atoms with Crippen molar-refractivity contribution in [3.8, 4) is 5.75 Å². The van der Waals surface area contributed by atoms with Crippen LogP contribution in [0.1, 0.15) is 26.3 Å². The summed E-state index contributed by atoms with van der Waals surface area (Å²) < 4.78 is 5.66. The molecule has 1 aliphatic heterocycles. The van der Waals surface area contributed by atoms with E-state index in [1.807, 2.05) is 48.5 Å². The molecule has 0 unspecified atom stereocenters. The van der Waals surface area contributed by atoms with Gasteiger partial charge in [-0.2, -0.15) is 0 Å². The third kappa shape index (κ3) is 4.61. The molecule has 0 aromatic heterocycles. The van der Waals surface area contributed by atoms with Crippen molar-refractivity contribution in [2.24, 2.45) is 0 Å². The highest BCUT2D eigenvalue weighted by Gasteiger charge is 2.21. The lowest BCUT2D eigenvalue weighted by Crippen LogP contribution is -2.12. The third-order valence-corrected chi connectivity index (χ3v) is 5.92. The Bertz CT molecular complexity index is 1100. The van der Waals surface area contributed by atoms with E-state index in [9.17, 15) is 9.59 Å². The van der Waals surface area contributed by atoms with E-state index in [4.69, 9.17) is 16.3 Å². The SMILES string of the molecule is O=C(COc1cccc(/C=C2\CSc3ccccc3C2=O)c1)c1ccc(Cl)cc1. The normalized spacial score (nSPS) is 14.5. The fourth-order valence-corrected chi connectivity index (χ4v) is 4.19. The van der Waals surface area contributed by atoms with Gasteiger partial charge in [-0.15, -0.1) is 11.8 Å². The molecule has 0 saturated heterocycles. The van der Waals surface area contributed by atoms with Gasteiger partial charge in [0, 0.05) is 32.4 Å². The summed E-state index contributed by atoms with van der Waals surface area (Å²) in [4.78, 5) is 26.0. The molecule has 0 bridgehead atoms. The Hall–Kier alpha value is -2.82. The number of thioether (sulfide) groups is 1. The Morgan fingerprint density at radius 1 is 1.03 bits per heavy atom. The molecule has 144 valence electrons. The molecular formula is C24H17ClO3S. The number of rotatable bonds is 5. The summed E-state index contributed by atoms with van der Waals surface area (Å²) in [5, 5.41) is 0.584. The van der Waals surface area contributed by atoms with E-state index >= 15 is 0 Å². The molecule has 29 heavy (non-hydrogen) atoms. The summed E-state index contributed by atoms with van der Waals surface area (Å²) in [5.41, 5.74) is 2.92. The minimum Gasteiger partial charge on any atom is -0.485 e. The third-order valence-electron chi connectivity index (χ3n) is 4.54. The molecule has 0 amide bonds. The number of hydrogen-bond acceptors (Lipinski definition) is 4. The summed E-state index contributed by atoms with van der Waals surface area (Å²) in [6.45, 7) is -0.0657. The fraction of sp³-hybridized carbons (Fsp3) is 0.0833. The highest BCUT2D eigenvalue weighted by molar-refractivity contribution is 7.99. The second-order valence-corrected chi connectivity index (χ2v) is 8.03. The molecule has 3 aromatic carbocycles. The van der Waals surface area contributed by atoms with Crippen LogP contribution in [-0.2, 0) is 0 Å². The second kappa shape index (κ2) is 8.68. The summed E-state index contributed by atoms with van der Waals surface area (Å²) in [5.74, 6) is 1.15. The number of Topliss-reactive ketones (excluding diaryl/α,β-unsaturated/α-hetero) is 2. The maximum absolute atomic E-state index is 12.7. The average Bonchev–Trinajstić information content (AvgIpc) is 2.75. The molecule has 0 radical (unpaired) electrons. The van der Waals surface area contributed by atoms with E-state index in [1.165, 1.54) is 0 Å². The van der Waals surface area contributed by atoms with Crippen LogP contribution in [0.3, 0.4) is 0 Å². The quantitative estimate of drug-likeness (QED) is 0.376. The molecule has 0 fully saturated rings. The van der Waals surface area contributed by atoms with Crippen LogP contribution >= 0.6 is 23.4 Å². The maximum Gasteiger partial charge on any atom is 0.200 e. The second-order valence-electron chi connectivity index (χ2n) is 6.57. The van der Waals surface area contributed by atoms with Crippen LogP contribution in [0.5, 0.6) is 5.75 Å². The van der Waals surface area contributed by atoms with Gasteiger partial charge in [-0.1, -0.05) is 35.9 Å². The van der Waals surface area contributed by atoms with Crippen molar-refractivity contribution in [3.05, 3.63) is 100 Å². The van der Waals surface area contributed by atoms with Crippen LogP contribution in [0.4, 0.5) is 0 Å². The van der Waals surface area contributed by atoms with E-state index in [0.29, 0.717) is 22.1 Å². The molecule has 5 heteroatoms. The van der Waals surface area contributed by atoms with Crippen molar-refractivity contribution in [1.29, 1.82) is 0 Å². The van der Waals surface area contributed by atoms with Crippen LogP contribution < -0.4 is 4.74 Å². The number of benzene rings is 3. The number of ketones is 2. The van der Waals surface area contributed by atoms with Crippen LogP contribution in [0, 0.1) is 0 Å². The van der Waals surface area contributed by atoms with Gasteiger partial charge in [0.25, 0.3) is 0 Å². The molecule has 3 nitrogen and oxygen atoms in total. The first-order valence-electron chi connectivity index (χ1n) is 9.09. The van der Waals surface area contributed by atoms with Gasteiger partial charge in [0.15, 0.2) is 18.2 Å². The van der Waals surface area contributed by atoms with E-state index in [2.05, 4.69) is 0 Å². The summed E-state index contributed by atoms with van der Waals surface area (Å²) >= 11 is 7.51. The van der Waals surface area contributed by atoms with Crippen molar-refractivity contribution < 1.29 is 14.3 Å². The Kier molecular flexibility index (Phi) is 5.84. The highest BCUT2D eigenvalue weighted by Crippen LogP contribution is 2.33. The number of fused-ring (bicyclic) bond motifs is 1. The average molecular weight is 421 g/mol. The van der Waals surface area contributed by atoms with Gasteiger partial charge >= 0.3 is 0 Å². The van der Waals surface area contributed by atoms with Gasteiger partial charge in [0.1, 0.15) is 5.75 Å². The van der Waals surface area contributed by atoms with Crippen molar-refractivity contribution in [2.75, 3.05) is 12.4 Å². The summed E-state index contributed by atoms with van der Waals surface area (Å²) in [6.07, 6.45) is 1.89. The molecule has 1 heterocycles. The molecule has 0 aliphatic carbocycles. The largest absolute Gasteiger partial charge is 0.485 e. The zero-order valence-electron chi connectivity index (χ0n) is 15.4. The zero-order chi connectivity index (χ0) is 20.2. The molecule has 4 rings (SSSR count). The van der Waals surface area contributed by atoms with Crippen molar-refractivity contribution >= 4 is 41.0 Å². The van der Waals surface area contributed by atoms with Gasteiger partial charge in [0.2, 0.25) is 0 Å². The van der Waals surface area contributed by atoms with Crippen molar-refractivity contribution in [3.63, 3.8) is 0 Å². The molecular weight excluding hydrogens is 404 g/mol. The van der Waals surface area contributed by atoms with Crippen molar-refractivity contribution in [2.45, 2.75) is 4.90 Å². The predicted octanol–water partition coefficient (Wildman–Crippen LogP) is 5.97. The Morgan fingerprint density at radius 2 is 1.83 bits per heavy atom. The summed E-state index contributed by atoms with van der Waals surface area (Å²) in [6, 6.07) is 21.8. The van der Waals surface area contributed by atoms with Crippen molar-refractivity contribution in [1.82, 2.24) is 0 Å². The minimum absolute atomic E-state index is 0.0589. The van der Waals surface area contributed by atoms with Gasteiger partial charge in [-0.05, 0) is 60.2 Å². The van der Waals surface area contributed by atoms with Crippen LogP contribution in [0.25, 0.3) is 6.08 Å². The Balaban J connectivity index is 1.46. The molecule has 0 N–H and O–H groups in total. The number of carbonyl (C=O) groups is 2. The molecule has 3 aromatic rings. The highest BCUT2D eigenvalue weighted by atomic mass is 35.5. The number of halogens is 1. The molecule has 0 saturated carbocycles. The molecule has 0 spiro atoms. The number of ether oxygens (including phenoxy) is 1. The number of carbonyl (C=O) groups excluding carboxylic acids is 2. The van der Waals surface area contributed by atoms with Gasteiger partial charge in [-0.3, -0.25) is 9.59 Å². The minimum atomic E-state index is -0.124. The lowest BCUT2D eigenvalue weighted by atomic mass is 10.0. The van der Waals surface area contributed by atoms with E-state index in [0.717, 1.165) is 21.6 Å². The van der Waals surface area contributed by atoms with Crippen LogP contribution in [0.2, 0.25) is 5.02 Å². The number of hydrogen-bond donors (Lipinski definition) is 0. The first kappa shape index (κ1) is 19.5. The smallest absolute Gasteiger partial charge is 0.200 e. The lowest BCUT2D eigenvalue weighted by Gasteiger charge is -2.16. The van der Waals surface area contributed by atoms with E-state index in [-0.39, 0.29) is 18.2 Å². The summed E-state index contributed by atoms with van der Waals surface area (Å²) in [7, 11) is 0.